The van der Waals surface area contributed by atoms with Gasteiger partial charge in [-0.1, -0.05) is 55.3 Å². The first-order chi connectivity index (χ1) is 18.7. The molecule has 0 atom stereocenters. The zero-order valence-electron chi connectivity index (χ0n) is 22.2. The molecule has 0 unspecified atom stereocenters. The second-order valence-electron chi connectivity index (χ2n) is 10.5. The van der Waals surface area contributed by atoms with Crippen molar-refractivity contribution < 1.29 is 9.53 Å². The SMILES string of the molecule is COc1cccc(-c2nc3ccc(-c4ccccc4)cn3c2CCN2CCN(C(=O)C3CCCC3)CC2)c1. The van der Waals surface area contributed by atoms with E-state index in [0.717, 1.165) is 74.6 Å². The number of rotatable bonds is 7. The van der Waals surface area contributed by atoms with Crippen molar-refractivity contribution >= 4 is 11.6 Å². The van der Waals surface area contributed by atoms with E-state index in [1.165, 1.54) is 29.7 Å². The third-order valence-electron chi connectivity index (χ3n) is 8.22. The van der Waals surface area contributed by atoms with E-state index < -0.39 is 0 Å². The maximum absolute atomic E-state index is 12.9. The molecule has 38 heavy (non-hydrogen) atoms. The second kappa shape index (κ2) is 11.0. The van der Waals surface area contributed by atoms with Crippen molar-refractivity contribution in [3.63, 3.8) is 0 Å². The number of ether oxygens (including phenoxy) is 1. The molecule has 1 aliphatic carbocycles. The summed E-state index contributed by atoms with van der Waals surface area (Å²) in [5, 5.41) is 0. The normalized spacial score (nSPS) is 16.8. The van der Waals surface area contributed by atoms with E-state index >= 15 is 0 Å². The van der Waals surface area contributed by atoms with Crippen LogP contribution in [0.25, 0.3) is 28.0 Å². The van der Waals surface area contributed by atoms with Crippen LogP contribution in [0.3, 0.4) is 0 Å². The second-order valence-corrected chi connectivity index (χ2v) is 10.5. The molecule has 0 spiro atoms. The van der Waals surface area contributed by atoms with Crippen LogP contribution in [0.4, 0.5) is 0 Å². The summed E-state index contributed by atoms with van der Waals surface area (Å²) in [6.07, 6.45) is 7.66. The Hall–Kier alpha value is -3.64. The molecule has 6 nitrogen and oxygen atoms in total. The van der Waals surface area contributed by atoms with Crippen LogP contribution in [0, 0.1) is 5.92 Å². The molecule has 1 saturated carbocycles. The maximum atomic E-state index is 12.9. The Morgan fingerprint density at radius 2 is 1.66 bits per heavy atom. The molecule has 1 aliphatic heterocycles. The van der Waals surface area contributed by atoms with Gasteiger partial charge in [0.05, 0.1) is 18.5 Å². The number of piperazine rings is 1. The van der Waals surface area contributed by atoms with Crippen LogP contribution in [0.5, 0.6) is 5.75 Å². The number of amides is 1. The molecular weight excluding hydrogens is 472 g/mol. The van der Waals surface area contributed by atoms with Crippen molar-refractivity contribution in [2.24, 2.45) is 5.92 Å². The predicted molar refractivity (Wildman–Crippen MR) is 151 cm³/mol. The number of carbonyl (C=O) groups is 1. The number of imidazole rings is 1. The summed E-state index contributed by atoms with van der Waals surface area (Å²) in [5.74, 6) is 1.49. The number of nitrogens with zero attached hydrogens (tertiary/aromatic N) is 4. The summed E-state index contributed by atoms with van der Waals surface area (Å²) in [4.78, 5) is 22.6. The lowest BCUT2D eigenvalue weighted by Crippen LogP contribution is -2.50. The molecule has 4 aromatic rings. The van der Waals surface area contributed by atoms with Gasteiger partial charge in [0, 0.05) is 56.8 Å². The van der Waals surface area contributed by atoms with Gasteiger partial charge in [0.1, 0.15) is 11.4 Å². The van der Waals surface area contributed by atoms with Gasteiger partial charge in [-0.3, -0.25) is 9.69 Å². The number of benzene rings is 2. The summed E-state index contributed by atoms with van der Waals surface area (Å²) >= 11 is 0. The van der Waals surface area contributed by atoms with Crippen LogP contribution in [0.1, 0.15) is 31.4 Å². The Balaban J connectivity index is 1.25. The number of hydrogen-bond acceptors (Lipinski definition) is 4. The molecule has 3 heterocycles. The van der Waals surface area contributed by atoms with Crippen LogP contribution >= 0.6 is 0 Å². The zero-order chi connectivity index (χ0) is 25.9. The monoisotopic (exact) mass is 508 g/mol. The fraction of sp³-hybridized carbons (Fsp3) is 0.375. The highest BCUT2D eigenvalue weighted by atomic mass is 16.5. The van der Waals surface area contributed by atoms with Gasteiger partial charge in [-0.25, -0.2) is 4.98 Å². The van der Waals surface area contributed by atoms with Gasteiger partial charge >= 0.3 is 0 Å². The fourth-order valence-corrected chi connectivity index (χ4v) is 6.02. The summed E-state index contributed by atoms with van der Waals surface area (Å²) in [5.41, 5.74) is 6.59. The van der Waals surface area contributed by atoms with E-state index in [1.54, 1.807) is 7.11 Å². The minimum Gasteiger partial charge on any atom is -0.497 e. The highest BCUT2D eigenvalue weighted by Gasteiger charge is 2.29. The van der Waals surface area contributed by atoms with Crippen LogP contribution in [-0.2, 0) is 11.2 Å². The molecule has 2 aromatic heterocycles. The van der Waals surface area contributed by atoms with Crippen molar-refractivity contribution in [1.29, 1.82) is 0 Å². The lowest BCUT2D eigenvalue weighted by atomic mass is 10.1. The molecular formula is C32H36N4O2. The minimum absolute atomic E-state index is 0.268. The molecule has 0 N–H and O–H groups in total. The smallest absolute Gasteiger partial charge is 0.225 e. The van der Waals surface area contributed by atoms with Crippen molar-refractivity contribution in [3.05, 3.63) is 78.6 Å². The molecule has 6 heteroatoms. The van der Waals surface area contributed by atoms with E-state index in [-0.39, 0.29) is 5.92 Å². The summed E-state index contributed by atoms with van der Waals surface area (Å²) in [6, 6.07) is 22.9. The molecule has 2 aromatic carbocycles. The van der Waals surface area contributed by atoms with Gasteiger partial charge in [-0.05, 0) is 48.2 Å². The van der Waals surface area contributed by atoms with Gasteiger partial charge < -0.3 is 14.0 Å². The first kappa shape index (κ1) is 24.7. The predicted octanol–water partition coefficient (Wildman–Crippen LogP) is 5.55. The molecule has 6 rings (SSSR count). The van der Waals surface area contributed by atoms with Gasteiger partial charge in [-0.2, -0.15) is 0 Å². The van der Waals surface area contributed by atoms with Crippen molar-refractivity contribution in [2.75, 3.05) is 39.8 Å². The first-order valence-electron chi connectivity index (χ1n) is 13.9. The Labute approximate surface area is 224 Å². The average Bonchev–Trinajstić information content (AvgIpc) is 3.65. The summed E-state index contributed by atoms with van der Waals surface area (Å²) in [6.45, 7) is 4.47. The van der Waals surface area contributed by atoms with Crippen LogP contribution in [-0.4, -0.2) is 64.9 Å². The molecule has 0 radical (unpaired) electrons. The van der Waals surface area contributed by atoms with Crippen molar-refractivity contribution in [3.8, 4) is 28.1 Å². The fourth-order valence-electron chi connectivity index (χ4n) is 6.02. The lowest BCUT2D eigenvalue weighted by molar-refractivity contribution is -0.137. The summed E-state index contributed by atoms with van der Waals surface area (Å²) in [7, 11) is 1.70. The van der Waals surface area contributed by atoms with E-state index in [2.05, 4.69) is 68.9 Å². The number of carbonyl (C=O) groups excluding carboxylic acids is 1. The molecule has 2 aliphatic rings. The van der Waals surface area contributed by atoms with Crippen LogP contribution < -0.4 is 4.74 Å². The van der Waals surface area contributed by atoms with E-state index in [9.17, 15) is 4.79 Å². The standard InChI is InChI=1S/C32H36N4O2/c1-38-28-13-7-12-26(22-28)31-29(36-23-27(14-15-30(36)33-31)24-8-3-2-4-9-24)16-17-34-18-20-35(21-19-34)32(37)25-10-5-6-11-25/h2-4,7-9,12-15,22-23,25H,5-6,10-11,16-21H2,1H3. The van der Waals surface area contributed by atoms with Crippen LogP contribution in [0.15, 0.2) is 72.9 Å². The molecule has 1 saturated heterocycles. The molecule has 2 fully saturated rings. The number of fused-ring (bicyclic) bond motifs is 1. The number of methoxy groups -OCH3 is 1. The van der Waals surface area contributed by atoms with E-state index in [0.29, 0.717) is 5.91 Å². The zero-order valence-corrected chi connectivity index (χ0v) is 22.2. The highest BCUT2D eigenvalue weighted by molar-refractivity contribution is 5.79. The third-order valence-corrected chi connectivity index (χ3v) is 8.22. The van der Waals surface area contributed by atoms with Gasteiger partial charge in [0.15, 0.2) is 0 Å². The van der Waals surface area contributed by atoms with E-state index in [4.69, 9.17) is 9.72 Å². The van der Waals surface area contributed by atoms with Gasteiger partial charge in [-0.15, -0.1) is 0 Å². The van der Waals surface area contributed by atoms with Gasteiger partial charge in [0.25, 0.3) is 0 Å². The van der Waals surface area contributed by atoms with Crippen molar-refractivity contribution in [2.45, 2.75) is 32.1 Å². The largest absolute Gasteiger partial charge is 0.497 e. The Kier molecular flexibility index (Phi) is 7.14. The number of aromatic nitrogens is 2. The Bertz CT molecular complexity index is 1400. The minimum atomic E-state index is 0.268. The quantitative estimate of drug-likeness (QED) is 0.328. The lowest BCUT2D eigenvalue weighted by Gasteiger charge is -2.36. The number of pyridine rings is 1. The molecule has 0 bridgehead atoms. The Morgan fingerprint density at radius 3 is 2.42 bits per heavy atom. The van der Waals surface area contributed by atoms with Crippen LogP contribution in [0.2, 0.25) is 0 Å². The molecule has 196 valence electrons. The maximum Gasteiger partial charge on any atom is 0.225 e. The molecule has 1 amide bonds. The van der Waals surface area contributed by atoms with E-state index in [1.807, 2.05) is 18.2 Å². The first-order valence-corrected chi connectivity index (χ1v) is 13.9. The van der Waals surface area contributed by atoms with Crippen molar-refractivity contribution in [1.82, 2.24) is 19.2 Å². The third kappa shape index (κ3) is 5.05. The Morgan fingerprint density at radius 1 is 0.895 bits per heavy atom. The van der Waals surface area contributed by atoms with Gasteiger partial charge in [0.2, 0.25) is 5.91 Å². The number of hydrogen-bond donors (Lipinski definition) is 0. The highest BCUT2D eigenvalue weighted by Crippen LogP contribution is 2.30. The topological polar surface area (TPSA) is 50.1 Å². The summed E-state index contributed by atoms with van der Waals surface area (Å²) < 4.78 is 7.77. The average molecular weight is 509 g/mol.